The molecule has 1 aliphatic heterocycles. The van der Waals surface area contributed by atoms with Crippen molar-refractivity contribution in [2.75, 3.05) is 38.4 Å². The lowest BCUT2D eigenvalue weighted by molar-refractivity contribution is 0.449. The molecule has 0 aromatic heterocycles. The van der Waals surface area contributed by atoms with Crippen molar-refractivity contribution >= 4 is 59.9 Å². The van der Waals surface area contributed by atoms with Crippen LogP contribution in [0.1, 0.15) is 55.6 Å². The zero-order valence-electron chi connectivity index (χ0n) is 43.1. The summed E-state index contributed by atoms with van der Waals surface area (Å²) in [5.74, 6) is -0.439. The average Bonchev–Trinajstić information content (AvgIpc) is 3.43. The summed E-state index contributed by atoms with van der Waals surface area (Å²) in [7, 11) is -1.65. The van der Waals surface area contributed by atoms with E-state index in [0.29, 0.717) is 28.3 Å². The largest absolute Gasteiger partial charge is 0.507 e. The second kappa shape index (κ2) is 20.6. The van der Waals surface area contributed by atoms with Crippen molar-refractivity contribution in [1.82, 2.24) is 9.89 Å². The maximum absolute atomic E-state index is 12.7. The van der Waals surface area contributed by atoms with E-state index in [1.165, 1.54) is 0 Å². The summed E-state index contributed by atoms with van der Waals surface area (Å²) in [6, 6.07) is 39.0. The van der Waals surface area contributed by atoms with E-state index >= 15 is 0 Å². The highest BCUT2D eigenvalue weighted by Crippen LogP contribution is 2.43. The molecule has 0 unspecified atom stereocenters. The maximum Gasteiger partial charge on any atom is 0.294 e. The van der Waals surface area contributed by atoms with Crippen LogP contribution in [0, 0.1) is 6.92 Å². The molecule has 0 saturated carbocycles. The standard InChI is InChI=1S/C60H54N4O11S3/c1-33-18-38-22-42-26-49(77(69,70)71)28-44(58(42)67)24-40-20-37(21-41(57(40)66)25-45-29-50(78(72,73)74)27-43(59(45)68)23-39(19-33)56(38)65)35-8-6-34(7-9-35)32-61-60(76)62-46-12-10-36(11-13-46)55-51-16-14-47(63(2)3)30-53(51)75-54-31-48(64(4)5)15-17-52(54)55/h6-21,26-31H,22-25,32H2,1-5H3,(H7,61,65,66,67,68,69,70,71,72,73,74,76)/p+1. The van der Waals surface area contributed by atoms with Gasteiger partial charge < -0.3 is 40.4 Å². The summed E-state index contributed by atoms with van der Waals surface area (Å²) in [6.07, 6.45) is -0.946. The Balaban J connectivity index is 0.941. The lowest BCUT2D eigenvalue weighted by Crippen LogP contribution is -2.27. The van der Waals surface area contributed by atoms with Crippen LogP contribution in [0.25, 0.3) is 44.5 Å². The quantitative estimate of drug-likeness (QED) is 0.0306. The van der Waals surface area contributed by atoms with Gasteiger partial charge in [-0.25, -0.2) is 4.58 Å². The van der Waals surface area contributed by atoms with Crippen molar-refractivity contribution in [3.8, 4) is 56.6 Å². The van der Waals surface area contributed by atoms with Crippen LogP contribution in [0.3, 0.4) is 0 Å². The number of fused-ring (bicyclic) bond motifs is 10. The predicted molar refractivity (Wildman–Crippen MR) is 306 cm³/mol. The molecular weight excluding hydrogens is 1050 g/mol. The Morgan fingerprint density at radius 2 is 1.06 bits per heavy atom. The molecule has 0 amide bonds. The third kappa shape index (κ3) is 10.9. The Bertz CT molecular complexity index is 4060. The topological polar surface area (TPSA) is 233 Å². The number of hydrogen-bond acceptors (Lipinski definition) is 11. The first kappa shape index (κ1) is 53.2. The maximum atomic E-state index is 12.7. The molecular formula is C60H55N4O11S3+. The van der Waals surface area contributed by atoms with E-state index in [1.54, 1.807) is 31.2 Å². The molecule has 0 atom stereocenters. The van der Waals surface area contributed by atoms with Crippen molar-refractivity contribution in [3.63, 3.8) is 0 Å². The van der Waals surface area contributed by atoms with Gasteiger partial charge in [0.2, 0.25) is 5.36 Å². The number of aryl methyl sites for hydroxylation is 1. The average molecular weight is 1100 g/mol. The van der Waals surface area contributed by atoms with Crippen LogP contribution in [0.4, 0.5) is 11.4 Å². The zero-order chi connectivity index (χ0) is 55.5. The van der Waals surface area contributed by atoms with Crippen LogP contribution in [0.2, 0.25) is 0 Å². The Morgan fingerprint density at radius 1 is 0.590 bits per heavy atom. The third-order valence-corrected chi connectivity index (χ3v) is 16.1. The SMILES string of the molecule is Cc1cc2c(O)c(c1)Cc1cc(S(=O)(=O)O)cc(c1O)Cc1cc(-c3ccc(CNC(=S)Nc4ccc(-c5c6ccc(=[N+](C)C)cc-6oc6cc(N(C)C)ccc56)cc4)cc3)cc(c1O)Cc1cc(S(=O)(=O)O)cc(c1O)C2. The minimum atomic E-state index is -4.82. The van der Waals surface area contributed by atoms with E-state index in [4.69, 9.17) is 16.6 Å². The van der Waals surface area contributed by atoms with E-state index in [9.17, 15) is 46.4 Å². The van der Waals surface area contributed by atoms with Crippen LogP contribution in [-0.4, -0.2) is 79.7 Å². The highest BCUT2D eigenvalue weighted by Gasteiger charge is 2.26. The lowest BCUT2D eigenvalue weighted by Gasteiger charge is -2.19. The Labute approximate surface area is 456 Å². The van der Waals surface area contributed by atoms with Gasteiger partial charge in [-0.2, -0.15) is 16.8 Å². The van der Waals surface area contributed by atoms with Crippen molar-refractivity contribution in [3.05, 3.63) is 194 Å². The molecule has 7 aromatic carbocycles. The molecule has 10 rings (SSSR count). The van der Waals surface area contributed by atoms with Gasteiger partial charge in [-0.05, 0) is 130 Å². The number of nitrogens with zero attached hydrogens (tertiary/aromatic N) is 2. The van der Waals surface area contributed by atoms with E-state index in [-0.39, 0.29) is 93.2 Å². The fourth-order valence-corrected chi connectivity index (χ4v) is 11.5. The predicted octanol–water partition coefficient (Wildman–Crippen LogP) is 9.76. The van der Waals surface area contributed by atoms with E-state index in [2.05, 4.69) is 59.2 Å². The lowest BCUT2D eigenvalue weighted by atomic mass is 9.89. The van der Waals surface area contributed by atoms with Gasteiger partial charge in [-0.15, -0.1) is 0 Å². The zero-order valence-corrected chi connectivity index (χ0v) is 45.5. The summed E-state index contributed by atoms with van der Waals surface area (Å²) < 4.78 is 79.8. The molecule has 8 N–H and O–H groups in total. The van der Waals surface area contributed by atoms with Gasteiger partial charge in [0.1, 0.15) is 48.4 Å². The number of phenols is 4. The van der Waals surface area contributed by atoms with E-state index in [0.717, 1.165) is 80.0 Å². The number of thiocarbonyl (C=S) groups is 1. The van der Waals surface area contributed by atoms with Crippen LogP contribution in [0.5, 0.6) is 23.0 Å². The van der Waals surface area contributed by atoms with Gasteiger partial charge in [0.05, 0.1) is 15.9 Å². The van der Waals surface area contributed by atoms with Crippen LogP contribution in [0.15, 0.2) is 148 Å². The number of anilines is 2. The van der Waals surface area contributed by atoms with Gasteiger partial charge >= 0.3 is 0 Å². The summed E-state index contributed by atoms with van der Waals surface area (Å²) in [6.45, 7) is 2.09. The molecule has 0 spiro atoms. The minimum Gasteiger partial charge on any atom is -0.507 e. The smallest absolute Gasteiger partial charge is 0.294 e. The highest BCUT2D eigenvalue weighted by atomic mass is 32.2. The fourth-order valence-electron chi connectivity index (χ4n) is 10.1. The van der Waals surface area contributed by atoms with Gasteiger partial charge in [-0.1, -0.05) is 54.1 Å². The monoisotopic (exact) mass is 1100 g/mol. The van der Waals surface area contributed by atoms with Gasteiger partial charge in [0, 0.05) is 109 Å². The summed E-state index contributed by atoms with van der Waals surface area (Å²) in [5.41, 5.74) is 9.46. The molecule has 0 fully saturated rings. The molecule has 0 saturated heterocycles. The number of benzene rings is 8. The highest BCUT2D eigenvalue weighted by molar-refractivity contribution is 7.86. The van der Waals surface area contributed by atoms with Gasteiger partial charge in [0.25, 0.3) is 20.2 Å². The second-order valence-corrected chi connectivity index (χ2v) is 23.4. The van der Waals surface area contributed by atoms with Crippen LogP contribution < -0.4 is 25.5 Å². The fraction of sp³-hybridized carbons (Fsp3) is 0.167. The molecule has 7 aromatic rings. The summed E-state index contributed by atoms with van der Waals surface area (Å²) >= 11 is 5.74. The van der Waals surface area contributed by atoms with Gasteiger partial charge in [-0.3, -0.25) is 9.11 Å². The molecule has 398 valence electrons. The first-order chi connectivity index (χ1) is 37.0. The molecule has 15 nitrogen and oxygen atoms in total. The molecule has 2 aliphatic carbocycles. The normalized spacial score (nSPS) is 12.6. The Kier molecular flexibility index (Phi) is 14.0. The van der Waals surface area contributed by atoms with Crippen LogP contribution in [-0.2, 0) is 52.5 Å². The molecule has 0 radical (unpaired) electrons. The third-order valence-electron chi connectivity index (χ3n) is 14.2. The molecule has 8 bridgehead atoms. The molecule has 78 heavy (non-hydrogen) atoms. The number of rotatable bonds is 8. The second-order valence-electron chi connectivity index (χ2n) is 20.1. The number of phenolic OH excluding ortho intramolecular Hbond substituents is 4. The Hall–Kier alpha value is -8.26. The summed E-state index contributed by atoms with van der Waals surface area (Å²) in [5, 5.41) is 56.1. The molecule has 18 heteroatoms. The van der Waals surface area contributed by atoms with Crippen LogP contribution >= 0.6 is 12.2 Å². The first-order valence-electron chi connectivity index (χ1n) is 24.7. The van der Waals surface area contributed by atoms with Crippen molar-refractivity contribution < 1.29 is 50.8 Å². The van der Waals surface area contributed by atoms with Crippen molar-refractivity contribution in [2.24, 2.45) is 0 Å². The first-order valence-corrected chi connectivity index (χ1v) is 28.0. The molecule has 1 heterocycles. The number of hydrogen-bond donors (Lipinski definition) is 8. The van der Waals surface area contributed by atoms with Crippen molar-refractivity contribution in [1.29, 1.82) is 0 Å². The van der Waals surface area contributed by atoms with E-state index in [1.807, 2.05) is 74.1 Å². The van der Waals surface area contributed by atoms with Gasteiger partial charge in [0.15, 0.2) is 5.11 Å². The number of aromatic hydroxyl groups is 4. The molecule has 3 aliphatic rings. The minimum absolute atomic E-state index is 0.0332. The Morgan fingerprint density at radius 3 is 1.54 bits per heavy atom. The number of nitrogens with one attached hydrogen (secondary N) is 2. The summed E-state index contributed by atoms with van der Waals surface area (Å²) in [4.78, 5) is 1.02. The van der Waals surface area contributed by atoms with E-state index < -0.39 is 30.0 Å². The van der Waals surface area contributed by atoms with Crippen molar-refractivity contribution in [2.45, 2.75) is 48.9 Å².